The molecule has 2 aliphatic rings. The van der Waals surface area contributed by atoms with E-state index in [1.54, 1.807) is 0 Å². The van der Waals surface area contributed by atoms with E-state index in [0.717, 1.165) is 0 Å². The van der Waals surface area contributed by atoms with Crippen molar-refractivity contribution in [2.75, 3.05) is 13.2 Å². The van der Waals surface area contributed by atoms with Gasteiger partial charge < -0.3 is 9.47 Å². The molecule has 92 valence electrons. The predicted octanol–water partition coefficient (Wildman–Crippen LogP) is 1.52. The first-order valence-electron chi connectivity index (χ1n) is 5.27. The topological polar surface area (TPSA) is 79.4 Å². The summed E-state index contributed by atoms with van der Waals surface area (Å²) in [5.74, 6) is -0.505. The van der Waals surface area contributed by atoms with Crippen LogP contribution in [0.5, 0.6) is 0 Å². The van der Waals surface area contributed by atoms with Gasteiger partial charge in [-0.05, 0) is 0 Å². The molecule has 0 atom stereocenters. The molecule has 1 spiro atoms. The monoisotopic (exact) mass is 259 g/mol. The normalized spacial score (nSPS) is 22.9. The van der Waals surface area contributed by atoms with Gasteiger partial charge in [-0.15, -0.1) is 0 Å². The second kappa shape index (κ2) is 3.66. The summed E-state index contributed by atoms with van der Waals surface area (Å²) in [4.78, 5) is 10.1. The Morgan fingerprint density at radius 3 is 2.71 bits per heavy atom. The van der Waals surface area contributed by atoms with E-state index in [1.807, 2.05) is 0 Å². The lowest BCUT2D eigenvalue weighted by atomic mass is 9.85. The molecule has 0 aromatic carbocycles. The molecule has 0 unspecified atom stereocenters. The third-order valence-corrected chi connectivity index (χ3v) is 3.53. The van der Waals surface area contributed by atoms with Crippen LogP contribution in [0.1, 0.15) is 18.9 Å². The van der Waals surface area contributed by atoms with Gasteiger partial charge in [-0.2, -0.15) is 5.10 Å². The van der Waals surface area contributed by atoms with Crippen molar-refractivity contribution in [2.24, 2.45) is 0 Å². The predicted molar refractivity (Wildman–Crippen MR) is 56.8 cm³/mol. The Kier molecular flexibility index (Phi) is 2.35. The fourth-order valence-corrected chi connectivity index (χ4v) is 2.58. The van der Waals surface area contributed by atoms with E-state index in [0.29, 0.717) is 26.1 Å². The van der Waals surface area contributed by atoms with E-state index in [4.69, 9.17) is 21.1 Å². The van der Waals surface area contributed by atoms with Gasteiger partial charge in [-0.1, -0.05) is 11.6 Å². The maximum Gasteiger partial charge on any atom is 0.325 e. The molecule has 17 heavy (non-hydrogen) atoms. The fourth-order valence-electron chi connectivity index (χ4n) is 2.28. The number of rotatable bonds is 2. The average molecular weight is 260 g/mol. The van der Waals surface area contributed by atoms with Crippen molar-refractivity contribution >= 4 is 17.3 Å². The summed E-state index contributed by atoms with van der Waals surface area (Å²) < 4.78 is 12.4. The summed E-state index contributed by atoms with van der Waals surface area (Å²) in [7, 11) is 0. The largest absolute Gasteiger partial charge is 0.347 e. The minimum Gasteiger partial charge on any atom is -0.347 e. The molecule has 3 rings (SSSR count). The van der Waals surface area contributed by atoms with Crippen molar-refractivity contribution in [3.8, 4) is 0 Å². The second-order valence-electron chi connectivity index (χ2n) is 4.19. The van der Waals surface area contributed by atoms with Crippen LogP contribution in [0.15, 0.2) is 6.20 Å². The van der Waals surface area contributed by atoms with Crippen LogP contribution in [0.4, 0.5) is 5.69 Å². The van der Waals surface area contributed by atoms with Crippen molar-refractivity contribution < 1.29 is 14.4 Å². The molecule has 1 aliphatic carbocycles. The number of ether oxygens (including phenoxy) is 2. The first-order valence-corrected chi connectivity index (χ1v) is 5.64. The van der Waals surface area contributed by atoms with Crippen LogP contribution in [0.2, 0.25) is 5.15 Å². The minimum atomic E-state index is -0.539. The molecule has 0 amide bonds. The van der Waals surface area contributed by atoms with Gasteiger partial charge in [0.1, 0.15) is 6.20 Å². The van der Waals surface area contributed by atoms with Crippen LogP contribution < -0.4 is 0 Å². The van der Waals surface area contributed by atoms with E-state index in [-0.39, 0.29) is 16.9 Å². The molecule has 8 heteroatoms. The fraction of sp³-hybridized carbons (Fsp3) is 0.667. The Bertz CT molecular complexity index is 461. The molecule has 0 radical (unpaired) electrons. The van der Waals surface area contributed by atoms with Crippen LogP contribution in [0.25, 0.3) is 0 Å². The molecule has 1 aromatic heterocycles. The molecule has 2 heterocycles. The average Bonchev–Trinajstić information content (AvgIpc) is 2.81. The third kappa shape index (κ3) is 1.62. The standard InChI is InChI=1S/C9H10ClN3O4/c10-8-7(13(14)15)5-11-12(8)6-3-9(4-6)16-1-2-17-9/h5-6H,1-4H2. The van der Waals surface area contributed by atoms with Gasteiger partial charge in [-0.25, -0.2) is 4.68 Å². The molecule has 2 fully saturated rings. The van der Waals surface area contributed by atoms with E-state index in [2.05, 4.69) is 5.10 Å². The van der Waals surface area contributed by atoms with Crippen molar-refractivity contribution in [3.05, 3.63) is 21.5 Å². The number of halogens is 1. The first-order chi connectivity index (χ1) is 8.11. The number of nitrogens with zero attached hydrogens (tertiary/aromatic N) is 3. The lowest BCUT2D eigenvalue weighted by Crippen LogP contribution is -2.46. The lowest BCUT2D eigenvalue weighted by Gasteiger charge is -2.42. The van der Waals surface area contributed by atoms with Crippen LogP contribution in [0.3, 0.4) is 0 Å². The Morgan fingerprint density at radius 2 is 2.18 bits per heavy atom. The summed E-state index contributed by atoms with van der Waals surface area (Å²) in [6.45, 7) is 1.19. The summed E-state index contributed by atoms with van der Waals surface area (Å²) >= 11 is 5.90. The molecule has 1 aliphatic heterocycles. The Labute approximate surface area is 101 Å². The first kappa shape index (κ1) is 10.9. The van der Waals surface area contributed by atoms with E-state index in [9.17, 15) is 10.1 Å². The Morgan fingerprint density at radius 1 is 1.53 bits per heavy atom. The molecular weight excluding hydrogens is 250 g/mol. The van der Waals surface area contributed by atoms with Gasteiger partial charge in [0, 0.05) is 12.8 Å². The Balaban J connectivity index is 1.76. The van der Waals surface area contributed by atoms with Gasteiger partial charge in [-0.3, -0.25) is 10.1 Å². The van der Waals surface area contributed by atoms with E-state index in [1.165, 1.54) is 10.9 Å². The summed E-state index contributed by atoms with van der Waals surface area (Å²) in [6.07, 6.45) is 2.43. The molecule has 1 saturated carbocycles. The van der Waals surface area contributed by atoms with E-state index < -0.39 is 10.7 Å². The van der Waals surface area contributed by atoms with Crippen LogP contribution in [0, 0.1) is 10.1 Å². The molecule has 1 aromatic rings. The van der Waals surface area contributed by atoms with Crippen LogP contribution in [-0.2, 0) is 9.47 Å². The van der Waals surface area contributed by atoms with Crippen LogP contribution >= 0.6 is 11.6 Å². The zero-order valence-corrected chi connectivity index (χ0v) is 9.59. The van der Waals surface area contributed by atoms with Crippen molar-refractivity contribution in [1.82, 2.24) is 9.78 Å². The number of hydrogen-bond donors (Lipinski definition) is 0. The third-order valence-electron chi connectivity index (χ3n) is 3.17. The summed E-state index contributed by atoms with van der Waals surface area (Å²) in [5, 5.41) is 14.6. The van der Waals surface area contributed by atoms with Crippen molar-refractivity contribution in [3.63, 3.8) is 0 Å². The molecule has 7 nitrogen and oxygen atoms in total. The zero-order chi connectivity index (χ0) is 12.0. The molecule has 0 bridgehead atoms. The highest BCUT2D eigenvalue weighted by molar-refractivity contribution is 6.31. The smallest absolute Gasteiger partial charge is 0.325 e. The highest BCUT2D eigenvalue weighted by Gasteiger charge is 2.51. The molecule has 0 N–H and O–H groups in total. The minimum absolute atomic E-state index is 0.00861. The Hall–Kier alpha value is -1.18. The number of nitro groups is 1. The maximum absolute atomic E-state index is 10.6. The summed E-state index contributed by atoms with van der Waals surface area (Å²) in [5.41, 5.74) is -0.166. The van der Waals surface area contributed by atoms with Gasteiger partial charge in [0.05, 0.1) is 24.2 Å². The highest BCUT2D eigenvalue weighted by atomic mass is 35.5. The zero-order valence-electron chi connectivity index (χ0n) is 8.84. The quantitative estimate of drug-likeness (QED) is 0.594. The van der Waals surface area contributed by atoms with Gasteiger partial charge in [0.25, 0.3) is 0 Å². The van der Waals surface area contributed by atoms with Crippen molar-refractivity contribution in [2.45, 2.75) is 24.7 Å². The SMILES string of the molecule is O=[N+]([O-])c1cnn(C2CC3(C2)OCCO3)c1Cl. The van der Waals surface area contributed by atoms with Gasteiger partial charge in [0.15, 0.2) is 5.79 Å². The maximum atomic E-state index is 10.6. The summed E-state index contributed by atoms with van der Waals surface area (Å²) in [6, 6.07) is 0.00861. The lowest BCUT2D eigenvalue weighted by molar-refractivity contribution is -0.384. The van der Waals surface area contributed by atoms with Gasteiger partial charge >= 0.3 is 5.69 Å². The number of hydrogen-bond acceptors (Lipinski definition) is 5. The highest BCUT2D eigenvalue weighted by Crippen LogP contribution is 2.48. The van der Waals surface area contributed by atoms with Crippen molar-refractivity contribution in [1.29, 1.82) is 0 Å². The molecular formula is C9H10ClN3O4. The van der Waals surface area contributed by atoms with E-state index >= 15 is 0 Å². The number of aromatic nitrogens is 2. The second-order valence-corrected chi connectivity index (χ2v) is 4.55. The van der Waals surface area contributed by atoms with Gasteiger partial charge in [0.2, 0.25) is 5.15 Å². The van der Waals surface area contributed by atoms with Crippen LogP contribution in [-0.4, -0.2) is 33.7 Å². The molecule has 1 saturated heterocycles.